The van der Waals surface area contributed by atoms with Crippen LogP contribution in [0.1, 0.15) is 30.5 Å². The molecule has 0 spiro atoms. The molecule has 2 N–H and O–H groups in total. The van der Waals surface area contributed by atoms with Gasteiger partial charge in [0.15, 0.2) is 0 Å². The van der Waals surface area contributed by atoms with Gasteiger partial charge in [0, 0.05) is 7.05 Å². The molecule has 1 amide bonds. The zero-order chi connectivity index (χ0) is 14.2. The van der Waals surface area contributed by atoms with Crippen LogP contribution in [0.5, 0.6) is 5.75 Å². The molecule has 1 aromatic rings. The van der Waals surface area contributed by atoms with Crippen LogP contribution in [-0.2, 0) is 16.0 Å². The monoisotopic (exact) mass is 263 g/mol. The first kappa shape index (κ1) is 13.4. The van der Waals surface area contributed by atoms with Crippen LogP contribution in [0.2, 0.25) is 0 Å². The number of carbonyl (C=O) groups is 2. The summed E-state index contributed by atoms with van der Waals surface area (Å²) >= 11 is 0. The number of benzene rings is 1. The second-order valence-electron chi connectivity index (χ2n) is 5.01. The van der Waals surface area contributed by atoms with Gasteiger partial charge in [0.05, 0.1) is 18.4 Å². The Kier molecular flexibility index (Phi) is 3.46. The Labute approximate surface area is 111 Å². The van der Waals surface area contributed by atoms with Gasteiger partial charge in [-0.1, -0.05) is 6.07 Å². The molecule has 1 aliphatic heterocycles. The van der Waals surface area contributed by atoms with Crippen LogP contribution in [0, 0.1) is 5.92 Å². The van der Waals surface area contributed by atoms with E-state index in [0.717, 1.165) is 11.1 Å². The minimum absolute atomic E-state index is 0.156. The highest BCUT2D eigenvalue weighted by Gasteiger charge is 2.33. The molecule has 2 atom stereocenters. The molecule has 0 radical (unpaired) electrons. The first-order valence-electron chi connectivity index (χ1n) is 6.20. The molecule has 19 heavy (non-hydrogen) atoms. The van der Waals surface area contributed by atoms with Gasteiger partial charge in [-0.05, 0) is 36.6 Å². The van der Waals surface area contributed by atoms with Crippen molar-refractivity contribution in [1.82, 2.24) is 4.90 Å². The van der Waals surface area contributed by atoms with Crippen molar-refractivity contribution in [3.63, 3.8) is 0 Å². The number of phenolic OH excluding ortho intramolecular Hbond substituents is 1. The predicted octanol–water partition coefficient (Wildman–Crippen LogP) is 1.56. The first-order chi connectivity index (χ1) is 8.90. The maximum absolute atomic E-state index is 12.2. The summed E-state index contributed by atoms with van der Waals surface area (Å²) < 4.78 is 0. The largest absolute Gasteiger partial charge is 0.508 e. The molecular weight excluding hydrogens is 246 g/mol. The molecule has 5 nitrogen and oxygen atoms in total. The number of hydrogen-bond acceptors (Lipinski definition) is 3. The van der Waals surface area contributed by atoms with Gasteiger partial charge >= 0.3 is 5.97 Å². The molecule has 1 heterocycles. The van der Waals surface area contributed by atoms with Crippen LogP contribution in [0.4, 0.5) is 0 Å². The number of fused-ring (bicyclic) bond motifs is 1. The average molecular weight is 263 g/mol. The molecule has 1 aromatic carbocycles. The molecule has 102 valence electrons. The summed E-state index contributed by atoms with van der Waals surface area (Å²) in [5.41, 5.74) is 1.80. The lowest BCUT2D eigenvalue weighted by Gasteiger charge is -2.25. The molecule has 0 bridgehead atoms. The van der Waals surface area contributed by atoms with Crippen molar-refractivity contribution in [2.45, 2.75) is 25.8 Å². The van der Waals surface area contributed by atoms with Gasteiger partial charge in [0.1, 0.15) is 5.75 Å². The van der Waals surface area contributed by atoms with Gasteiger partial charge in [0.25, 0.3) is 0 Å². The molecule has 0 aromatic heterocycles. The van der Waals surface area contributed by atoms with E-state index >= 15 is 0 Å². The number of carboxylic acid groups (broad SMARTS) is 1. The lowest BCUT2D eigenvalue weighted by atomic mass is 9.93. The zero-order valence-electron chi connectivity index (χ0n) is 11.0. The number of aromatic hydroxyl groups is 1. The van der Waals surface area contributed by atoms with Crippen molar-refractivity contribution in [1.29, 1.82) is 0 Å². The maximum Gasteiger partial charge on any atom is 0.304 e. The number of carbonyl (C=O) groups excluding carboxylic acids is 1. The second kappa shape index (κ2) is 4.91. The number of nitrogens with zero attached hydrogens (tertiary/aromatic N) is 1. The molecule has 1 aliphatic rings. The highest BCUT2D eigenvalue weighted by molar-refractivity contribution is 5.84. The molecule has 0 saturated heterocycles. The number of phenols is 1. The highest BCUT2D eigenvalue weighted by Crippen LogP contribution is 2.33. The van der Waals surface area contributed by atoms with E-state index in [2.05, 4.69) is 0 Å². The van der Waals surface area contributed by atoms with Crippen LogP contribution >= 0.6 is 0 Å². The Morgan fingerprint density at radius 3 is 2.79 bits per heavy atom. The summed E-state index contributed by atoms with van der Waals surface area (Å²) in [6, 6.07) is 4.81. The van der Waals surface area contributed by atoms with Gasteiger partial charge in [-0.2, -0.15) is 0 Å². The van der Waals surface area contributed by atoms with Gasteiger partial charge in [-0.15, -0.1) is 0 Å². The minimum atomic E-state index is -0.971. The van der Waals surface area contributed by atoms with E-state index in [-0.39, 0.29) is 24.1 Å². The predicted molar refractivity (Wildman–Crippen MR) is 68.7 cm³/mol. The van der Waals surface area contributed by atoms with Crippen molar-refractivity contribution in [2.24, 2.45) is 5.92 Å². The van der Waals surface area contributed by atoms with E-state index in [0.29, 0.717) is 6.42 Å². The summed E-state index contributed by atoms with van der Waals surface area (Å²) in [6.07, 6.45) is 0.228. The smallest absolute Gasteiger partial charge is 0.304 e. The summed E-state index contributed by atoms with van der Waals surface area (Å²) in [5, 5.41) is 18.5. The fourth-order valence-corrected chi connectivity index (χ4v) is 2.57. The number of carboxylic acids is 1. The Morgan fingerprint density at radius 1 is 1.47 bits per heavy atom. The van der Waals surface area contributed by atoms with E-state index in [4.69, 9.17) is 5.11 Å². The van der Waals surface area contributed by atoms with Crippen molar-refractivity contribution in [2.75, 3.05) is 7.05 Å². The maximum atomic E-state index is 12.2. The highest BCUT2D eigenvalue weighted by atomic mass is 16.4. The topological polar surface area (TPSA) is 77.8 Å². The fraction of sp³-hybridized carbons (Fsp3) is 0.429. The van der Waals surface area contributed by atoms with E-state index in [1.54, 1.807) is 30.1 Å². The van der Waals surface area contributed by atoms with Crippen molar-refractivity contribution >= 4 is 11.9 Å². The number of hydrogen-bond donors (Lipinski definition) is 2. The lowest BCUT2D eigenvalue weighted by Crippen LogP contribution is -2.34. The van der Waals surface area contributed by atoms with Crippen molar-refractivity contribution in [3.8, 4) is 5.75 Å². The quantitative estimate of drug-likeness (QED) is 0.848. The molecule has 0 saturated carbocycles. The van der Waals surface area contributed by atoms with E-state index in [1.165, 1.54) is 0 Å². The van der Waals surface area contributed by atoms with Crippen molar-refractivity contribution < 1.29 is 19.8 Å². The Balaban J connectivity index is 2.43. The molecular formula is C14H17NO4. The zero-order valence-corrected chi connectivity index (χ0v) is 11.0. The van der Waals surface area contributed by atoms with Crippen LogP contribution in [-0.4, -0.2) is 34.0 Å². The standard InChI is InChI=1S/C14H17NO4/c1-8-12-7-11(16)4-3-9(12)5-10(6-13(17)18)14(19)15(8)2/h3-4,7-8,10,16H,5-6H2,1-2H3,(H,17,18)/t8-,10?/m0/s1. The second-order valence-corrected chi connectivity index (χ2v) is 5.01. The lowest BCUT2D eigenvalue weighted by molar-refractivity contribution is -0.144. The Morgan fingerprint density at radius 2 is 2.16 bits per heavy atom. The number of rotatable bonds is 2. The van der Waals surface area contributed by atoms with E-state index < -0.39 is 11.9 Å². The van der Waals surface area contributed by atoms with Crippen LogP contribution in [0.3, 0.4) is 0 Å². The van der Waals surface area contributed by atoms with E-state index in [9.17, 15) is 14.7 Å². The summed E-state index contributed by atoms with van der Waals surface area (Å²) in [7, 11) is 1.67. The average Bonchev–Trinajstić information content (AvgIpc) is 2.43. The van der Waals surface area contributed by atoms with Gasteiger partial charge in [-0.25, -0.2) is 0 Å². The summed E-state index contributed by atoms with van der Waals surface area (Å²) in [6.45, 7) is 1.87. The first-order valence-corrected chi connectivity index (χ1v) is 6.20. The third-order valence-electron chi connectivity index (χ3n) is 3.74. The summed E-state index contributed by atoms with van der Waals surface area (Å²) in [5.74, 6) is -1.52. The van der Waals surface area contributed by atoms with Crippen molar-refractivity contribution in [3.05, 3.63) is 29.3 Å². The molecule has 0 aliphatic carbocycles. The number of aliphatic carboxylic acids is 1. The molecule has 2 rings (SSSR count). The normalized spacial score (nSPS) is 22.8. The van der Waals surface area contributed by atoms with Crippen LogP contribution in [0.15, 0.2) is 18.2 Å². The summed E-state index contributed by atoms with van der Waals surface area (Å²) in [4.78, 5) is 24.7. The van der Waals surface area contributed by atoms with Gasteiger partial charge < -0.3 is 15.1 Å². The minimum Gasteiger partial charge on any atom is -0.508 e. The molecule has 1 unspecified atom stereocenters. The third-order valence-corrected chi connectivity index (χ3v) is 3.74. The third kappa shape index (κ3) is 2.54. The molecule has 0 fully saturated rings. The molecule has 5 heteroatoms. The SMILES string of the molecule is C[C@H]1c2cc(O)ccc2CC(CC(=O)O)C(=O)N1C. The Bertz CT molecular complexity index is 526. The Hall–Kier alpha value is -2.04. The van der Waals surface area contributed by atoms with Gasteiger partial charge in [-0.3, -0.25) is 9.59 Å². The fourth-order valence-electron chi connectivity index (χ4n) is 2.57. The van der Waals surface area contributed by atoms with Crippen LogP contribution in [0.25, 0.3) is 0 Å². The van der Waals surface area contributed by atoms with Gasteiger partial charge in [0.2, 0.25) is 5.91 Å². The number of amides is 1. The van der Waals surface area contributed by atoms with Crippen LogP contribution < -0.4 is 0 Å². The van der Waals surface area contributed by atoms with E-state index in [1.807, 2.05) is 6.92 Å².